The van der Waals surface area contributed by atoms with Crippen LogP contribution in [-0.4, -0.2) is 40.5 Å². The largest absolute Gasteiger partial charge is 0.453 e. The number of carbonyl (C=O) groups excluding carboxylic acids is 2. The molecular weight excluding hydrogens is 320 g/mol. The number of hydrogen-bond donors (Lipinski definition) is 2. The van der Waals surface area contributed by atoms with Crippen molar-refractivity contribution in [3.63, 3.8) is 0 Å². The highest BCUT2D eigenvalue weighted by atomic mass is 16.5. The quantitative estimate of drug-likeness (QED) is 0.893. The molecule has 0 radical (unpaired) electrons. The van der Waals surface area contributed by atoms with Gasteiger partial charge in [-0.05, 0) is 17.9 Å². The second-order valence-electron chi connectivity index (χ2n) is 6.30. The number of ether oxygens (including phenoxy) is 1. The summed E-state index contributed by atoms with van der Waals surface area (Å²) in [5.74, 6) is 0.957. The number of carbonyl (C=O) groups is 2. The van der Waals surface area contributed by atoms with E-state index in [0.717, 1.165) is 17.8 Å². The third kappa shape index (κ3) is 3.65. The van der Waals surface area contributed by atoms with Gasteiger partial charge in [-0.2, -0.15) is 0 Å². The fraction of sp³-hybridized carbons (Fsp3) is 0.389. The van der Waals surface area contributed by atoms with Crippen LogP contribution in [0.15, 0.2) is 42.7 Å². The van der Waals surface area contributed by atoms with Gasteiger partial charge in [-0.15, -0.1) is 0 Å². The van der Waals surface area contributed by atoms with Crippen LogP contribution in [0.1, 0.15) is 36.8 Å². The first kappa shape index (κ1) is 17.0. The van der Waals surface area contributed by atoms with Gasteiger partial charge in [0, 0.05) is 18.9 Å². The van der Waals surface area contributed by atoms with Gasteiger partial charge in [0.05, 0.1) is 13.2 Å². The summed E-state index contributed by atoms with van der Waals surface area (Å²) in [4.78, 5) is 34.2. The van der Waals surface area contributed by atoms with Crippen molar-refractivity contribution in [1.29, 1.82) is 0 Å². The minimum absolute atomic E-state index is 0.122. The summed E-state index contributed by atoms with van der Waals surface area (Å²) < 4.78 is 4.70. The van der Waals surface area contributed by atoms with E-state index in [2.05, 4.69) is 22.2 Å². The molecule has 0 spiro atoms. The standard InChI is InChI=1S/C18H22N4O3/c1-12-10-14(16-19-8-9-20-16)22(11-12)17(23)15(21-18(24)25-2)13-6-4-3-5-7-13/h3-9,12,14-15H,10-11H2,1-2H3,(H,19,20)(H,21,24). The van der Waals surface area contributed by atoms with Crippen molar-refractivity contribution in [2.75, 3.05) is 13.7 Å². The third-order valence-corrected chi connectivity index (χ3v) is 4.46. The lowest BCUT2D eigenvalue weighted by atomic mass is 10.0. The Morgan fingerprint density at radius 3 is 2.76 bits per heavy atom. The molecule has 0 bridgehead atoms. The molecule has 7 heteroatoms. The van der Waals surface area contributed by atoms with E-state index in [4.69, 9.17) is 4.74 Å². The average Bonchev–Trinajstić information content (AvgIpc) is 3.28. The van der Waals surface area contributed by atoms with Gasteiger partial charge in [-0.25, -0.2) is 9.78 Å². The zero-order valence-electron chi connectivity index (χ0n) is 14.3. The van der Waals surface area contributed by atoms with Crippen LogP contribution < -0.4 is 5.32 Å². The molecule has 0 saturated carbocycles. The first-order valence-electron chi connectivity index (χ1n) is 8.29. The highest BCUT2D eigenvalue weighted by molar-refractivity contribution is 5.87. The predicted molar refractivity (Wildman–Crippen MR) is 91.5 cm³/mol. The first-order chi connectivity index (χ1) is 12.1. The van der Waals surface area contributed by atoms with Gasteiger partial charge in [-0.3, -0.25) is 4.79 Å². The Balaban J connectivity index is 1.89. The van der Waals surface area contributed by atoms with E-state index in [1.807, 2.05) is 30.3 Å². The number of H-pyrrole nitrogens is 1. The zero-order chi connectivity index (χ0) is 17.8. The van der Waals surface area contributed by atoms with E-state index < -0.39 is 12.1 Å². The Morgan fingerprint density at radius 2 is 2.12 bits per heavy atom. The monoisotopic (exact) mass is 342 g/mol. The number of aromatic nitrogens is 2. The average molecular weight is 342 g/mol. The smallest absolute Gasteiger partial charge is 0.407 e. The SMILES string of the molecule is COC(=O)NC(C(=O)N1CC(C)CC1c1ncc[nH]1)c1ccccc1. The Labute approximate surface area is 146 Å². The number of hydrogen-bond acceptors (Lipinski definition) is 4. The number of amides is 2. The van der Waals surface area contributed by atoms with E-state index >= 15 is 0 Å². The van der Waals surface area contributed by atoms with E-state index in [1.165, 1.54) is 7.11 Å². The Bertz CT molecular complexity index is 717. The van der Waals surface area contributed by atoms with E-state index in [0.29, 0.717) is 12.5 Å². The molecule has 1 aromatic heterocycles. The summed E-state index contributed by atoms with van der Waals surface area (Å²) in [6.45, 7) is 2.73. The second-order valence-corrected chi connectivity index (χ2v) is 6.30. The van der Waals surface area contributed by atoms with Crippen LogP contribution in [0.25, 0.3) is 0 Å². The van der Waals surface area contributed by atoms with Crippen LogP contribution in [0, 0.1) is 5.92 Å². The van der Waals surface area contributed by atoms with E-state index in [1.54, 1.807) is 17.3 Å². The van der Waals surface area contributed by atoms with Crippen molar-refractivity contribution in [2.45, 2.75) is 25.4 Å². The van der Waals surface area contributed by atoms with Gasteiger partial charge in [0.2, 0.25) is 0 Å². The summed E-state index contributed by atoms with van der Waals surface area (Å²) in [5.41, 5.74) is 0.718. The molecule has 3 rings (SSSR count). The Morgan fingerprint density at radius 1 is 1.36 bits per heavy atom. The normalized spacial score (nSPS) is 21.0. The molecule has 132 valence electrons. The highest BCUT2D eigenvalue weighted by Crippen LogP contribution is 2.35. The van der Waals surface area contributed by atoms with Gasteiger partial charge in [0.25, 0.3) is 5.91 Å². The predicted octanol–water partition coefficient (Wildman–Crippen LogP) is 2.42. The van der Waals surface area contributed by atoms with Crippen molar-refractivity contribution >= 4 is 12.0 Å². The summed E-state index contributed by atoms with van der Waals surface area (Å²) in [5, 5.41) is 2.66. The van der Waals surface area contributed by atoms with Crippen LogP contribution in [-0.2, 0) is 9.53 Å². The summed E-state index contributed by atoms with van der Waals surface area (Å²) in [7, 11) is 1.28. The molecule has 2 heterocycles. The third-order valence-electron chi connectivity index (χ3n) is 4.46. The minimum atomic E-state index is -0.795. The molecule has 2 N–H and O–H groups in total. The molecule has 1 fully saturated rings. The summed E-state index contributed by atoms with van der Waals surface area (Å²) in [6.07, 6.45) is 3.63. The van der Waals surface area contributed by atoms with E-state index in [9.17, 15) is 9.59 Å². The Kier molecular flexibility index (Phi) is 5.02. The van der Waals surface area contributed by atoms with Crippen molar-refractivity contribution in [3.05, 3.63) is 54.1 Å². The number of likely N-dealkylation sites (tertiary alicyclic amines) is 1. The molecule has 1 saturated heterocycles. The number of benzene rings is 1. The summed E-state index contributed by atoms with van der Waals surface area (Å²) >= 11 is 0. The molecule has 3 atom stereocenters. The number of nitrogens with one attached hydrogen (secondary N) is 2. The summed E-state index contributed by atoms with van der Waals surface area (Å²) in [6, 6.07) is 8.27. The molecule has 25 heavy (non-hydrogen) atoms. The lowest BCUT2D eigenvalue weighted by Crippen LogP contribution is -2.43. The van der Waals surface area contributed by atoms with Gasteiger partial charge in [0.15, 0.2) is 0 Å². The van der Waals surface area contributed by atoms with Crippen molar-refractivity contribution in [3.8, 4) is 0 Å². The van der Waals surface area contributed by atoms with Crippen molar-refractivity contribution in [1.82, 2.24) is 20.2 Å². The number of methoxy groups -OCH3 is 1. The molecule has 1 aliphatic rings. The fourth-order valence-electron chi connectivity index (χ4n) is 3.28. The van der Waals surface area contributed by atoms with Crippen LogP contribution in [0.3, 0.4) is 0 Å². The van der Waals surface area contributed by atoms with Gasteiger partial charge < -0.3 is 19.9 Å². The molecule has 2 amide bonds. The minimum Gasteiger partial charge on any atom is -0.453 e. The topological polar surface area (TPSA) is 87.3 Å². The number of nitrogens with zero attached hydrogens (tertiary/aromatic N) is 2. The lowest BCUT2D eigenvalue weighted by Gasteiger charge is -2.28. The second kappa shape index (κ2) is 7.38. The molecule has 2 aromatic rings. The van der Waals surface area contributed by atoms with Crippen LogP contribution in [0.2, 0.25) is 0 Å². The maximum atomic E-state index is 13.3. The first-order valence-corrected chi connectivity index (χ1v) is 8.29. The van der Waals surface area contributed by atoms with Gasteiger partial charge >= 0.3 is 6.09 Å². The molecule has 1 aromatic carbocycles. The van der Waals surface area contributed by atoms with Crippen LogP contribution in [0.4, 0.5) is 4.79 Å². The molecular formula is C18H22N4O3. The van der Waals surface area contributed by atoms with Gasteiger partial charge in [0.1, 0.15) is 11.9 Å². The molecule has 1 aliphatic heterocycles. The Hall–Kier alpha value is -2.83. The van der Waals surface area contributed by atoms with Crippen LogP contribution >= 0.6 is 0 Å². The molecule has 0 aliphatic carbocycles. The van der Waals surface area contributed by atoms with E-state index in [-0.39, 0.29) is 11.9 Å². The fourth-order valence-corrected chi connectivity index (χ4v) is 3.28. The number of aromatic amines is 1. The van der Waals surface area contributed by atoms with Crippen molar-refractivity contribution in [2.24, 2.45) is 5.92 Å². The lowest BCUT2D eigenvalue weighted by molar-refractivity contribution is -0.134. The maximum absolute atomic E-state index is 13.3. The number of imidazole rings is 1. The molecule has 3 unspecified atom stereocenters. The maximum Gasteiger partial charge on any atom is 0.407 e. The molecule has 7 nitrogen and oxygen atoms in total. The number of rotatable bonds is 4. The number of alkyl carbamates (subject to hydrolysis) is 1. The van der Waals surface area contributed by atoms with Crippen LogP contribution in [0.5, 0.6) is 0 Å². The van der Waals surface area contributed by atoms with Gasteiger partial charge in [-0.1, -0.05) is 37.3 Å². The highest BCUT2D eigenvalue weighted by Gasteiger charge is 2.39. The van der Waals surface area contributed by atoms with Crippen molar-refractivity contribution < 1.29 is 14.3 Å². The zero-order valence-corrected chi connectivity index (χ0v) is 14.3.